The van der Waals surface area contributed by atoms with Crippen molar-refractivity contribution in [2.75, 3.05) is 23.9 Å². The minimum atomic E-state index is -4.55. The Hall–Kier alpha value is -3.83. The summed E-state index contributed by atoms with van der Waals surface area (Å²) in [5.74, 6) is -0.211. The Kier molecular flexibility index (Phi) is 8.61. The first-order valence-corrected chi connectivity index (χ1v) is 13.0. The van der Waals surface area contributed by atoms with E-state index in [2.05, 4.69) is 5.32 Å². The van der Waals surface area contributed by atoms with Gasteiger partial charge in [-0.15, -0.1) is 0 Å². The number of thiocarbonyl (C=S) groups is 1. The quantitative estimate of drug-likeness (QED) is 0.239. The number of carbonyl (C=O) groups excluding carboxylic acids is 2. The summed E-state index contributed by atoms with van der Waals surface area (Å²) in [5.41, 5.74) is 1.47. The van der Waals surface area contributed by atoms with Gasteiger partial charge in [0.2, 0.25) is 0 Å². The van der Waals surface area contributed by atoms with Gasteiger partial charge in [0.1, 0.15) is 0 Å². The zero-order chi connectivity index (χ0) is 28.2. The maximum Gasteiger partial charge on any atom is 0.416 e. The number of halogens is 3. The number of methoxy groups -OCH3 is 1. The maximum atomic E-state index is 13.1. The van der Waals surface area contributed by atoms with E-state index in [0.717, 1.165) is 46.5 Å². The molecule has 0 aromatic heterocycles. The molecule has 2 amide bonds. The summed E-state index contributed by atoms with van der Waals surface area (Å²) in [4.78, 5) is 26.8. The van der Waals surface area contributed by atoms with Crippen LogP contribution in [0, 0.1) is 0 Å². The summed E-state index contributed by atoms with van der Waals surface area (Å²) < 4.78 is 50.6. The van der Waals surface area contributed by atoms with Crippen molar-refractivity contribution in [3.05, 3.63) is 88.3 Å². The van der Waals surface area contributed by atoms with E-state index in [9.17, 15) is 22.8 Å². The Bertz CT molecular complexity index is 1460. The van der Waals surface area contributed by atoms with Crippen molar-refractivity contribution in [2.45, 2.75) is 19.5 Å². The highest BCUT2D eigenvalue weighted by Crippen LogP contribution is 2.39. The van der Waals surface area contributed by atoms with Crippen LogP contribution in [0.4, 0.5) is 24.5 Å². The van der Waals surface area contributed by atoms with Gasteiger partial charge in [0.25, 0.3) is 11.8 Å². The van der Waals surface area contributed by atoms with Crippen LogP contribution in [0.1, 0.15) is 23.6 Å². The molecular formula is C28H23F3N2O4S2. The number of nitrogens with one attached hydrogen (secondary N) is 1. The van der Waals surface area contributed by atoms with Crippen molar-refractivity contribution in [1.29, 1.82) is 0 Å². The van der Waals surface area contributed by atoms with E-state index < -0.39 is 17.6 Å². The molecule has 0 unspecified atom stereocenters. The van der Waals surface area contributed by atoms with Crippen LogP contribution in [0.5, 0.6) is 11.5 Å². The second-order valence-corrected chi connectivity index (χ2v) is 10.00. The number of para-hydroxylation sites is 1. The molecule has 1 heterocycles. The van der Waals surface area contributed by atoms with Crippen molar-refractivity contribution in [2.24, 2.45) is 0 Å². The molecule has 202 valence electrons. The van der Waals surface area contributed by atoms with E-state index in [1.165, 1.54) is 19.2 Å². The highest BCUT2D eigenvalue weighted by Gasteiger charge is 2.36. The van der Waals surface area contributed by atoms with Crippen LogP contribution in [0.15, 0.2) is 71.6 Å². The van der Waals surface area contributed by atoms with Crippen molar-refractivity contribution in [3.8, 4) is 11.5 Å². The molecule has 1 aliphatic rings. The average molecular weight is 573 g/mol. The molecule has 0 radical (unpaired) electrons. The molecule has 0 atom stereocenters. The van der Waals surface area contributed by atoms with E-state index in [1.807, 2.05) is 31.2 Å². The van der Waals surface area contributed by atoms with Crippen molar-refractivity contribution < 1.29 is 32.2 Å². The number of aryl methyl sites for hydroxylation is 1. The van der Waals surface area contributed by atoms with Gasteiger partial charge in [-0.1, -0.05) is 61.2 Å². The van der Waals surface area contributed by atoms with Crippen LogP contribution in [-0.4, -0.2) is 29.9 Å². The standard InChI is InChI=1S/C28H23F3N2O4S2/c1-3-18-7-4-5-10-21(18)32-25(34)16-37-22-12-11-17(13-23(22)36-2)14-24-26(35)33(27(38)39-24)20-9-6-8-19(15-20)28(29,30)31/h4-15H,3,16H2,1-2H3,(H,32,34)/b24-14-. The number of alkyl halides is 3. The second kappa shape index (κ2) is 11.9. The fraction of sp³-hybridized carbons (Fsp3) is 0.179. The van der Waals surface area contributed by atoms with Gasteiger partial charge in [-0.3, -0.25) is 14.5 Å². The molecule has 1 saturated heterocycles. The van der Waals surface area contributed by atoms with Crippen LogP contribution in [0.25, 0.3) is 6.08 Å². The van der Waals surface area contributed by atoms with Crippen LogP contribution >= 0.6 is 24.0 Å². The molecule has 3 aromatic carbocycles. The molecule has 1 N–H and O–H groups in total. The predicted octanol–water partition coefficient (Wildman–Crippen LogP) is 6.70. The molecule has 0 aliphatic carbocycles. The Morgan fingerprint density at radius 3 is 2.56 bits per heavy atom. The summed E-state index contributed by atoms with van der Waals surface area (Å²) in [6.45, 7) is 1.75. The van der Waals surface area contributed by atoms with Crippen LogP contribution in [-0.2, 0) is 22.2 Å². The lowest BCUT2D eigenvalue weighted by molar-refractivity contribution is -0.137. The summed E-state index contributed by atoms with van der Waals surface area (Å²) in [6.07, 6.45) is -2.22. The molecule has 0 saturated carbocycles. The first-order valence-electron chi connectivity index (χ1n) is 11.7. The number of nitrogens with zero attached hydrogens (tertiary/aromatic N) is 1. The van der Waals surface area contributed by atoms with Gasteiger partial charge in [-0.25, -0.2) is 0 Å². The van der Waals surface area contributed by atoms with Gasteiger partial charge in [-0.05, 0) is 60.0 Å². The topological polar surface area (TPSA) is 67.9 Å². The highest BCUT2D eigenvalue weighted by atomic mass is 32.2. The number of ether oxygens (including phenoxy) is 2. The second-order valence-electron chi connectivity index (χ2n) is 8.32. The average Bonchev–Trinajstić information content (AvgIpc) is 3.19. The monoisotopic (exact) mass is 572 g/mol. The van der Waals surface area contributed by atoms with Gasteiger partial charge in [0.05, 0.1) is 23.3 Å². The SMILES string of the molecule is CCc1ccccc1NC(=O)COc1ccc(/C=C2\SC(=S)N(c3cccc(C(F)(F)F)c3)C2=O)cc1OC. The molecule has 3 aromatic rings. The normalized spacial score (nSPS) is 14.6. The Morgan fingerprint density at radius 2 is 1.85 bits per heavy atom. The lowest BCUT2D eigenvalue weighted by Gasteiger charge is -2.16. The van der Waals surface area contributed by atoms with Gasteiger partial charge in [0, 0.05) is 5.69 Å². The molecule has 1 aliphatic heterocycles. The largest absolute Gasteiger partial charge is 0.493 e. The number of benzene rings is 3. The summed E-state index contributed by atoms with van der Waals surface area (Å²) in [7, 11) is 1.44. The molecular weight excluding hydrogens is 549 g/mol. The summed E-state index contributed by atoms with van der Waals surface area (Å²) in [5, 5.41) is 2.83. The lowest BCUT2D eigenvalue weighted by Crippen LogP contribution is -2.27. The Labute approximate surface area is 232 Å². The number of amides is 2. The van der Waals surface area contributed by atoms with E-state index in [1.54, 1.807) is 24.3 Å². The molecule has 11 heteroatoms. The Morgan fingerprint density at radius 1 is 1.08 bits per heavy atom. The highest BCUT2D eigenvalue weighted by molar-refractivity contribution is 8.27. The third-order valence-electron chi connectivity index (χ3n) is 5.74. The van der Waals surface area contributed by atoms with Gasteiger partial charge < -0.3 is 14.8 Å². The number of hydrogen-bond donors (Lipinski definition) is 1. The number of carbonyl (C=O) groups is 2. The minimum Gasteiger partial charge on any atom is -0.493 e. The molecule has 4 rings (SSSR count). The fourth-order valence-corrected chi connectivity index (χ4v) is 5.14. The third-order valence-corrected chi connectivity index (χ3v) is 7.04. The van der Waals surface area contributed by atoms with Gasteiger partial charge in [-0.2, -0.15) is 13.2 Å². The molecule has 1 fully saturated rings. The van der Waals surface area contributed by atoms with E-state index >= 15 is 0 Å². The van der Waals surface area contributed by atoms with E-state index in [-0.39, 0.29) is 27.4 Å². The van der Waals surface area contributed by atoms with Crippen molar-refractivity contribution in [1.82, 2.24) is 0 Å². The zero-order valence-electron chi connectivity index (χ0n) is 20.9. The first kappa shape index (κ1) is 28.2. The van der Waals surface area contributed by atoms with Crippen LogP contribution < -0.4 is 19.7 Å². The van der Waals surface area contributed by atoms with Crippen LogP contribution in [0.3, 0.4) is 0 Å². The summed E-state index contributed by atoms with van der Waals surface area (Å²) >= 11 is 6.27. The van der Waals surface area contributed by atoms with Crippen molar-refractivity contribution in [3.63, 3.8) is 0 Å². The van der Waals surface area contributed by atoms with Gasteiger partial charge in [0.15, 0.2) is 22.4 Å². The smallest absolute Gasteiger partial charge is 0.416 e. The molecule has 6 nitrogen and oxygen atoms in total. The number of hydrogen-bond acceptors (Lipinski definition) is 6. The molecule has 0 bridgehead atoms. The van der Waals surface area contributed by atoms with Crippen LogP contribution in [0.2, 0.25) is 0 Å². The number of rotatable bonds is 8. The Balaban J connectivity index is 1.47. The number of thioether (sulfide) groups is 1. The van der Waals surface area contributed by atoms with E-state index in [4.69, 9.17) is 21.7 Å². The first-order chi connectivity index (χ1) is 18.6. The molecule has 0 spiro atoms. The summed E-state index contributed by atoms with van der Waals surface area (Å²) in [6, 6.07) is 16.8. The zero-order valence-corrected chi connectivity index (χ0v) is 22.5. The predicted molar refractivity (Wildman–Crippen MR) is 150 cm³/mol. The number of anilines is 2. The van der Waals surface area contributed by atoms with Gasteiger partial charge >= 0.3 is 6.18 Å². The molecule has 39 heavy (non-hydrogen) atoms. The van der Waals surface area contributed by atoms with Crippen molar-refractivity contribution >= 4 is 57.6 Å². The maximum absolute atomic E-state index is 13.1. The third kappa shape index (κ3) is 6.61. The minimum absolute atomic E-state index is 0.0388. The lowest BCUT2D eigenvalue weighted by atomic mass is 10.1. The van der Waals surface area contributed by atoms with E-state index in [0.29, 0.717) is 17.1 Å². The fourth-order valence-electron chi connectivity index (χ4n) is 3.84.